The predicted molar refractivity (Wildman–Crippen MR) is 74.9 cm³/mol. The molecule has 0 unspecified atom stereocenters. The lowest BCUT2D eigenvalue weighted by Gasteiger charge is -2.25. The number of phenolic OH excluding ortho intramolecular Hbond substituents is 1. The SMILES string of the molecule is CCCCN(CCCC)c1cc(C)cc(O)c1. The molecule has 1 aromatic carbocycles. The van der Waals surface area contributed by atoms with Crippen LogP contribution >= 0.6 is 0 Å². The van der Waals surface area contributed by atoms with E-state index in [0.717, 1.165) is 24.3 Å². The minimum absolute atomic E-state index is 0.373. The second-order valence-corrected chi connectivity index (χ2v) is 4.72. The summed E-state index contributed by atoms with van der Waals surface area (Å²) < 4.78 is 0. The van der Waals surface area contributed by atoms with E-state index in [2.05, 4.69) is 24.8 Å². The van der Waals surface area contributed by atoms with Crippen LogP contribution in [0.15, 0.2) is 18.2 Å². The summed E-state index contributed by atoms with van der Waals surface area (Å²) in [7, 11) is 0. The summed E-state index contributed by atoms with van der Waals surface area (Å²) in [5.74, 6) is 0.373. The van der Waals surface area contributed by atoms with Crippen LogP contribution in [0.3, 0.4) is 0 Å². The van der Waals surface area contributed by atoms with Crippen molar-refractivity contribution in [3.05, 3.63) is 23.8 Å². The molecule has 1 aromatic rings. The summed E-state index contributed by atoms with van der Waals surface area (Å²) in [6, 6.07) is 5.84. The number of aryl methyl sites for hydroxylation is 1. The van der Waals surface area contributed by atoms with Gasteiger partial charge in [-0.3, -0.25) is 0 Å². The van der Waals surface area contributed by atoms with E-state index in [-0.39, 0.29) is 0 Å². The highest BCUT2D eigenvalue weighted by Crippen LogP contribution is 2.23. The number of aromatic hydroxyl groups is 1. The molecule has 0 aromatic heterocycles. The topological polar surface area (TPSA) is 23.5 Å². The standard InChI is InChI=1S/C15H25NO/c1-4-6-8-16(9-7-5-2)14-10-13(3)11-15(17)12-14/h10-12,17H,4-9H2,1-3H3. The highest BCUT2D eigenvalue weighted by atomic mass is 16.3. The lowest BCUT2D eigenvalue weighted by Crippen LogP contribution is -2.25. The molecule has 2 nitrogen and oxygen atoms in total. The van der Waals surface area contributed by atoms with Crippen molar-refractivity contribution < 1.29 is 5.11 Å². The van der Waals surface area contributed by atoms with E-state index in [1.807, 2.05) is 13.0 Å². The van der Waals surface area contributed by atoms with Crippen molar-refractivity contribution in [1.82, 2.24) is 0 Å². The van der Waals surface area contributed by atoms with Gasteiger partial charge in [-0.1, -0.05) is 26.7 Å². The molecular weight excluding hydrogens is 210 g/mol. The first-order chi connectivity index (χ1) is 8.17. The van der Waals surface area contributed by atoms with E-state index in [1.54, 1.807) is 6.07 Å². The molecule has 0 radical (unpaired) electrons. The summed E-state index contributed by atoms with van der Waals surface area (Å²) in [6.45, 7) is 8.62. The smallest absolute Gasteiger partial charge is 0.117 e. The molecule has 1 N–H and O–H groups in total. The van der Waals surface area contributed by atoms with Gasteiger partial charge in [0.25, 0.3) is 0 Å². The molecule has 0 fully saturated rings. The Kier molecular flexibility index (Phi) is 5.88. The van der Waals surface area contributed by atoms with Crippen molar-refractivity contribution in [3.8, 4) is 5.75 Å². The summed E-state index contributed by atoms with van der Waals surface area (Å²) in [5.41, 5.74) is 2.28. The number of benzene rings is 1. The fourth-order valence-electron chi connectivity index (χ4n) is 1.99. The molecule has 96 valence electrons. The van der Waals surface area contributed by atoms with Gasteiger partial charge >= 0.3 is 0 Å². The first-order valence-electron chi connectivity index (χ1n) is 6.73. The van der Waals surface area contributed by atoms with E-state index >= 15 is 0 Å². The first kappa shape index (κ1) is 13.9. The normalized spacial score (nSPS) is 10.5. The van der Waals surface area contributed by atoms with Crippen LogP contribution in [-0.4, -0.2) is 18.2 Å². The molecule has 1 rings (SSSR count). The van der Waals surface area contributed by atoms with Crippen molar-refractivity contribution in [2.75, 3.05) is 18.0 Å². The zero-order valence-corrected chi connectivity index (χ0v) is 11.4. The Morgan fingerprint density at radius 2 is 1.59 bits per heavy atom. The predicted octanol–water partition coefficient (Wildman–Crippen LogP) is 4.11. The van der Waals surface area contributed by atoms with Crippen molar-refractivity contribution in [2.24, 2.45) is 0 Å². The van der Waals surface area contributed by atoms with Crippen LogP contribution in [0.2, 0.25) is 0 Å². The molecule has 0 saturated carbocycles. The second-order valence-electron chi connectivity index (χ2n) is 4.72. The van der Waals surface area contributed by atoms with Gasteiger partial charge < -0.3 is 10.0 Å². The molecule has 0 atom stereocenters. The lowest BCUT2D eigenvalue weighted by molar-refractivity contribution is 0.474. The minimum Gasteiger partial charge on any atom is -0.508 e. The Morgan fingerprint density at radius 3 is 2.06 bits per heavy atom. The molecule has 0 heterocycles. The van der Waals surface area contributed by atoms with Gasteiger partial charge in [0.2, 0.25) is 0 Å². The third-order valence-electron chi connectivity index (χ3n) is 2.98. The molecule has 17 heavy (non-hydrogen) atoms. The zero-order valence-electron chi connectivity index (χ0n) is 11.4. The number of phenols is 1. The monoisotopic (exact) mass is 235 g/mol. The molecule has 2 heteroatoms. The van der Waals surface area contributed by atoms with Gasteiger partial charge in [-0.2, -0.15) is 0 Å². The molecule has 0 saturated heterocycles. The molecule has 0 aliphatic rings. The van der Waals surface area contributed by atoms with Gasteiger partial charge in [0, 0.05) is 24.8 Å². The number of rotatable bonds is 7. The minimum atomic E-state index is 0.373. The number of nitrogens with zero attached hydrogens (tertiary/aromatic N) is 1. The summed E-state index contributed by atoms with van der Waals surface area (Å²) in [6.07, 6.45) is 4.83. The average Bonchev–Trinajstić information content (AvgIpc) is 2.28. The Morgan fingerprint density at radius 1 is 1.00 bits per heavy atom. The van der Waals surface area contributed by atoms with Crippen molar-refractivity contribution in [1.29, 1.82) is 0 Å². The van der Waals surface area contributed by atoms with Gasteiger partial charge in [0.05, 0.1) is 0 Å². The number of unbranched alkanes of at least 4 members (excludes halogenated alkanes) is 2. The van der Waals surface area contributed by atoms with Gasteiger partial charge in [0.1, 0.15) is 5.75 Å². The maximum atomic E-state index is 9.67. The van der Waals surface area contributed by atoms with Crippen LogP contribution in [0, 0.1) is 6.92 Å². The van der Waals surface area contributed by atoms with Gasteiger partial charge in [-0.05, 0) is 37.5 Å². The zero-order chi connectivity index (χ0) is 12.7. The molecule has 0 amide bonds. The van der Waals surface area contributed by atoms with E-state index in [4.69, 9.17) is 0 Å². The Hall–Kier alpha value is -1.18. The average molecular weight is 235 g/mol. The molecule has 0 spiro atoms. The van der Waals surface area contributed by atoms with Gasteiger partial charge in [-0.15, -0.1) is 0 Å². The highest BCUT2D eigenvalue weighted by Gasteiger charge is 2.07. The first-order valence-corrected chi connectivity index (χ1v) is 6.73. The van der Waals surface area contributed by atoms with E-state index in [9.17, 15) is 5.11 Å². The van der Waals surface area contributed by atoms with E-state index < -0.39 is 0 Å². The Balaban J connectivity index is 2.78. The highest BCUT2D eigenvalue weighted by molar-refractivity contribution is 5.52. The van der Waals surface area contributed by atoms with Crippen molar-refractivity contribution >= 4 is 5.69 Å². The molecule has 0 aliphatic heterocycles. The van der Waals surface area contributed by atoms with Crippen LogP contribution in [0.25, 0.3) is 0 Å². The second kappa shape index (κ2) is 7.21. The molecule has 0 bridgehead atoms. The lowest BCUT2D eigenvalue weighted by atomic mass is 10.1. The number of hydrogen-bond donors (Lipinski definition) is 1. The van der Waals surface area contributed by atoms with E-state index in [0.29, 0.717) is 5.75 Å². The Labute approximate surface area is 105 Å². The van der Waals surface area contributed by atoms with Gasteiger partial charge in [-0.25, -0.2) is 0 Å². The maximum Gasteiger partial charge on any atom is 0.117 e. The third-order valence-corrected chi connectivity index (χ3v) is 2.98. The molecular formula is C15H25NO. The number of anilines is 1. The van der Waals surface area contributed by atoms with Gasteiger partial charge in [0.15, 0.2) is 0 Å². The summed E-state index contributed by atoms with van der Waals surface area (Å²) >= 11 is 0. The maximum absolute atomic E-state index is 9.67. The summed E-state index contributed by atoms with van der Waals surface area (Å²) in [4.78, 5) is 2.39. The number of hydrogen-bond acceptors (Lipinski definition) is 2. The quantitative estimate of drug-likeness (QED) is 0.769. The van der Waals surface area contributed by atoms with Crippen molar-refractivity contribution in [2.45, 2.75) is 46.5 Å². The fourth-order valence-corrected chi connectivity index (χ4v) is 1.99. The molecule has 0 aliphatic carbocycles. The fraction of sp³-hybridized carbons (Fsp3) is 0.600. The van der Waals surface area contributed by atoms with Crippen LogP contribution < -0.4 is 4.90 Å². The largest absolute Gasteiger partial charge is 0.508 e. The summed E-state index contributed by atoms with van der Waals surface area (Å²) in [5, 5.41) is 9.67. The third kappa shape index (κ3) is 4.68. The Bertz CT molecular complexity index is 307. The van der Waals surface area contributed by atoms with Crippen LogP contribution in [0.5, 0.6) is 5.75 Å². The van der Waals surface area contributed by atoms with E-state index in [1.165, 1.54) is 25.7 Å². The van der Waals surface area contributed by atoms with Crippen LogP contribution in [0.4, 0.5) is 5.69 Å². The van der Waals surface area contributed by atoms with Crippen LogP contribution in [-0.2, 0) is 0 Å². The van der Waals surface area contributed by atoms with Crippen molar-refractivity contribution in [3.63, 3.8) is 0 Å². The van der Waals surface area contributed by atoms with Crippen LogP contribution in [0.1, 0.15) is 45.1 Å².